The van der Waals surface area contributed by atoms with E-state index in [0.717, 1.165) is 68.3 Å². The molecule has 7 aromatic rings. The zero-order valence-corrected chi connectivity index (χ0v) is 37.2. The fraction of sp³-hybridized carbons (Fsp3) is 0.320. The van der Waals surface area contributed by atoms with E-state index < -0.39 is 13.3 Å². The molecule has 283 valence electrons. The van der Waals surface area contributed by atoms with E-state index in [0.29, 0.717) is 0 Å². The Balaban J connectivity index is 0.000000183. The van der Waals surface area contributed by atoms with Gasteiger partial charge in [0.15, 0.2) is 0 Å². The minimum absolute atomic E-state index is 0. The van der Waals surface area contributed by atoms with Gasteiger partial charge in [0.2, 0.25) is 0 Å². The molecule has 5 heteroatoms. The summed E-state index contributed by atoms with van der Waals surface area (Å²) in [7, 11) is 0. The van der Waals surface area contributed by atoms with Gasteiger partial charge in [-0.2, -0.15) is 0 Å². The number of fused-ring (bicyclic) bond motifs is 3. The summed E-state index contributed by atoms with van der Waals surface area (Å²) < 4.78 is 7.96. The molecule has 0 saturated heterocycles. The maximum atomic E-state index is 6.50. The second kappa shape index (κ2) is 17.5. The zero-order valence-electron chi connectivity index (χ0n) is 32.8. The second-order valence-electron chi connectivity index (χ2n) is 16.7. The van der Waals surface area contributed by atoms with E-state index in [1.165, 1.54) is 84.4 Å². The van der Waals surface area contributed by atoms with E-state index in [4.69, 9.17) is 14.4 Å². The summed E-state index contributed by atoms with van der Waals surface area (Å²) in [5.74, 6) is 8.77. The molecule has 3 nitrogen and oxygen atoms in total. The average Bonchev–Trinajstić information content (AvgIpc) is 3.88. The first-order valence-electron chi connectivity index (χ1n) is 20.2. The van der Waals surface area contributed by atoms with Crippen molar-refractivity contribution in [1.29, 1.82) is 0 Å². The van der Waals surface area contributed by atoms with Gasteiger partial charge in [-0.3, -0.25) is 0 Å². The van der Waals surface area contributed by atoms with Crippen molar-refractivity contribution < 1.29 is 24.5 Å². The molecule has 2 saturated carbocycles. The third-order valence-electron chi connectivity index (χ3n) is 11.7. The van der Waals surface area contributed by atoms with Crippen LogP contribution in [0.2, 0.25) is 17.3 Å². The summed E-state index contributed by atoms with van der Waals surface area (Å²) in [6, 6.07) is 41.5. The third-order valence-corrected chi connectivity index (χ3v) is 15.9. The molecule has 0 spiro atoms. The molecule has 0 amide bonds. The van der Waals surface area contributed by atoms with Crippen LogP contribution in [-0.2, 0) is 26.5 Å². The maximum absolute atomic E-state index is 6.50. The van der Waals surface area contributed by atoms with Crippen LogP contribution in [0.25, 0.3) is 55.6 Å². The predicted octanol–water partition coefficient (Wildman–Crippen LogP) is 13.3. The Hall–Kier alpha value is -3.83. The van der Waals surface area contributed by atoms with Crippen LogP contribution in [0.4, 0.5) is 0 Å². The fourth-order valence-corrected chi connectivity index (χ4v) is 10.7. The molecule has 4 aromatic carbocycles. The monoisotopic (exact) mass is 963 g/mol. The minimum atomic E-state index is -1.76. The van der Waals surface area contributed by atoms with Crippen molar-refractivity contribution in [3.05, 3.63) is 138 Å². The molecule has 0 aliphatic heterocycles. The van der Waals surface area contributed by atoms with Crippen LogP contribution in [0.3, 0.4) is 0 Å². The van der Waals surface area contributed by atoms with Crippen molar-refractivity contribution in [1.82, 2.24) is 9.97 Å². The number of aryl methyl sites for hydroxylation is 1. The number of hydrogen-bond acceptors (Lipinski definition) is 3. The molecule has 0 atom stereocenters. The molecule has 2 aliphatic carbocycles. The van der Waals surface area contributed by atoms with Gasteiger partial charge in [-0.1, -0.05) is 103 Å². The Morgan fingerprint density at radius 3 is 2.29 bits per heavy atom. The summed E-state index contributed by atoms with van der Waals surface area (Å²) in [4.78, 5) is 9.45. The number of hydrogen-bond donors (Lipinski definition) is 0. The fourth-order valence-electron chi connectivity index (χ4n) is 8.57. The van der Waals surface area contributed by atoms with Gasteiger partial charge in [0.1, 0.15) is 5.58 Å². The Labute approximate surface area is 344 Å². The first kappa shape index (κ1) is 39.4. The van der Waals surface area contributed by atoms with Crippen LogP contribution >= 0.6 is 0 Å². The minimum Gasteiger partial charge on any atom is 0 e. The molecule has 0 unspecified atom stereocenters. The smallest absolute Gasteiger partial charge is 0 e. The summed E-state index contributed by atoms with van der Waals surface area (Å²) in [6.07, 6.45) is 17.5. The van der Waals surface area contributed by atoms with E-state index in [2.05, 4.69) is 140 Å². The van der Waals surface area contributed by atoms with Gasteiger partial charge in [0, 0.05) is 31.7 Å². The third kappa shape index (κ3) is 9.09. The van der Waals surface area contributed by atoms with Crippen LogP contribution in [0.5, 0.6) is 0 Å². The van der Waals surface area contributed by atoms with E-state index >= 15 is 0 Å². The number of rotatable bonds is 7. The molecular weight excluding hydrogens is 909 g/mol. The van der Waals surface area contributed by atoms with Crippen LogP contribution < -0.4 is 4.40 Å². The average molecular weight is 962 g/mol. The van der Waals surface area contributed by atoms with Gasteiger partial charge in [-0.25, -0.2) is 0 Å². The normalized spacial score (nSPS) is 15.1. The quantitative estimate of drug-likeness (QED) is 0.118. The molecule has 2 fully saturated rings. The Morgan fingerprint density at radius 2 is 1.55 bits per heavy atom. The zero-order chi connectivity index (χ0) is 37.1. The van der Waals surface area contributed by atoms with Crippen LogP contribution in [-0.4, -0.2) is 23.2 Å². The van der Waals surface area contributed by atoms with Crippen LogP contribution in [0, 0.1) is 25.0 Å². The summed E-state index contributed by atoms with van der Waals surface area (Å²) >= 11 is -1.76. The molecule has 9 rings (SSSR count). The van der Waals surface area contributed by atoms with E-state index in [1.54, 1.807) is 0 Å². The number of nitrogens with zero attached hydrogens (tertiary/aromatic N) is 2. The number of furan rings is 1. The van der Waals surface area contributed by atoms with E-state index in [-0.39, 0.29) is 20.1 Å². The molecule has 0 N–H and O–H groups in total. The number of pyridine rings is 2. The van der Waals surface area contributed by atoms with Crippen molar-refractivity contribution >= 4 is 39.6 Å². The van der Waals surface area contributed by atoms with Crippen molar-refractivity contribution in [2.45, 2.75) is 94.3 Å². The van der Waals surface area contributed by atoms with E-state index in [1.807, 2.05) is 6.20 Å². The number of aromatic nitrogens is 2. The first-order valence-corrected chi connectivity index (χ1v) is 27.5. The summed E-state index contributed by atoms with van der Waals surface area (Å²) in [5.41, 5.74) is 12.3. The largest absolute Gasteiger partial charge is 0 e. The topological polar surface area (TPSA) is 38.9 Å². The van der Waals surface area contributed by atoms with Crippen molar-refractivity contribution in [2.75, 3.05) is 0 Å². The molecule has 3 aromatic heterocycles. The predicted molar refractivity (Wildman–Crippen MR) is 229 cm³/mol. The van der Waals surface area contributed by atoms with Crippen LogP contribution in [0.15, 0.2) is 114 Å². The maximum Gasteiger partial charge on any atom is 0 e. The van der Waals surface area contributed by atoms with Gasteiger partial charge >= 0.3 is 131 Å². The molecular formula is C50H52GeIrN2O-2. The molecule has 0 bridgehead atoms. The van der Waals surface area contributed by atoms with Crippen molar-refractivity contribution in [3.63, 3.8) is 0 Å². The summed E-state index contributed by atoms with van der Waals surface area (Å²) in [6.45, 7) is 2.11. The molecule has 1 radical (unpaired) electrons. The SMILES string of the molecule is Cc1ccc2c(c1)oc1c(-c3cc(CC4CCCCC4)ccn3)[c-]cc(-c3ccccc3)c12.[CH3][Ge]([CH3])([CH3])[c]1ccc(-c2[c-]ccc(C3CCCC3)c2)nc1.[Ir]. The van der Waals surface area contributed by atoms with E-state index in [9.17, 15) is 0 Å². The van der Waals surface area contributed by atoms with Crippen molar-refractivity contribution in [2.24, 2.45) is 5.92 Å². The Kier molecular flexibility index (Phi) is 12.6. The second-order valence-corrected chi connectivity index (χ2v) is 27.4. The number of benzene rings is 4. The van der Waals surface area contributed by atoms with Gasteiger partial charge in [0.05, 0.1) is 5.58 Å². The van der Waals surface area contributed by atoms with Crippen LogP contribution in [0.1, 0.15) is 80.4 Å². The molecule has 55 heavy (non-hydrogen) atoms. The van der Waals surface area contributed by atoms with Gasteiger partial charge in [0.25, 0.3) is 0 Å². The van der Waals surface area contributed by atoms with Gasteiger partial charge in [-0.05, 0) is 48.0 Å². The summed E-state index contributed by atoms with van der Waals surface area (Å²) in [5, 5.41) is 2.28. The van der Waals surface area contributed by atoms with Crippen molar-refractivity contribution in [3.8, 4) is 33.6 Å². The Bertz CT molecular complexity index is 2350. The molecule has 3 heterocycles. The van der Waals surface area contributed by atoms with Gasteiger partial charge < -0.3 is 9.40 Å². The standard InChI is InChI=1S/C31H28NO.C19H24GeN.Ir/c1-21-12-13-27-29(18-21)33-31-26(15-14-25(30(27)31)24-10-6-3-7-11-24)28-20-23(16-17-32-28)19-22-8-4-2-5-9-22;1-20(2,3)18-11-12-19(21-14-18)17-10-6-9-16(13-17)15-7-4-5-8-15;/h3,6-7,10-14,16-18,20,22H,2,4-5,8-9,19H2,1H3;6,9,11-15H,4-5,7-8H2,1-3H3;/q2*-1;. The Morgan fingerprint density at radius 1 is 0.764 bits per heavy atom. The molecule has 2 aliphatic rings. The first-order chi connectivity index (χ1) is 26.3. The van der Waals surface area contributed by atoms with Gasteiger partial charge in [-0.15, -0.1) is 12.1 Å².